The molecule has 50 valence electrons. The van der Waals surface area contributed by atoms with E-state index in [4.69, 9.17) is 16.6 Å². The number of hydrogen-bond donors (Lipinski definition) is 3. The molecule has 4 heteroatoms. The summed E-state index contributed by atoms with van der Waals surface area (Å²) in [6.45, 7) is 0. The molecule has 0 atom stereocenters. The number of phenols is 1. The molecule has 10 heavy (non-hydrogen) atoms. The van der Waals surface area contributed by atoms with Crippen LogP contribution >= 0.6 is 0 Å². The topological polar surface area (TPSA) is 72.3 Å². The molecule has 1 aromatic rings. The Balaban J connectivity index is 0.000000810. The molecular formula is C6H9N2NaO. The summed E-state index contributed by atoms with van der Waals surface area (Å²) in [6.07, 6.45) is 0. The minimum absolute atomic E-state index is 0. The van der Waals surface area contributed by atoms with Gasteiger partial charge in [0.05, 0.1) is 11.4 Å². The van der Waals surface area contributed by atoms with Crippen LogP contribution in [0.5, 0.6) is 5.75 Å². The van der Waals surface area contributed by atoms with E-state index in [1.165, 1.54) is 12.1 Å². The van der Waals surface area contributed by atoms with Gasteiger partial charge in [-0.25, -0.2) is 0 Å². The normalized spacial score (nSPS) is 8.40. The van der Waals surface area contributed by atoms with Gasteiger partial charge in [-0.2, -0.15) is 0 Å². The van der Waals surface area contributed by atoms with Crippen molar-refractivity contribution in [2.24, 2.45) is 0 Å². The zero-order valence-corrected chi connectivity index (χ0v) is 4.83. The SMILES string of the molecule is Nc1ccc(O)cc1N.[NaH]. The summed E-state index contributed by atoms with van der Waals surface area (Å²) in [5, 5.41) is 8.80. The molecule has 0 unspecified atom stereocenters. The van der Waals surface area contributed by atoms with Gasteiger partial charge >= 0.3 is 29.6 Å². The van der Waals surface area contributed by atoms with Gasteiger partial charge in [0.25, 0.3) is 0 Å². The predicted molar refractivity (Wildman–Crippen MR) is 44.1 cm³/mol. The zero-order chi connectivity index (χ0) is 6.85. The fourth-order valence-corrected chi connectivity index (χ4v) is 0.562. The molecule has 1 aromatic carbocycles. The summed E-state index contributed by atoms with van der Waals surface area (Å²) in [5.41, 5.74) is 11.6. The molecule has 0 aromatic heterocycles. The Bertz CT molecular complexity index is 227. The van der Waals surface area contributed by atoms with Crippen molar-refractivity contribution >= 4 is 40.9 Å². The van der Waals surface area contributed by atoms with Gasteiger partial charge in [-0.1, -0.05) is 0 Å². The maximum absolute atomic E-state index is 8.80. The molecule has 3 nitrogen and oxygen atoms in total. The van der Waals surface area contributed by atoms with Crippen molar-refractivity contribution in [1.82, 2.24) is 0 Å². The first-order valence-electron chi connectivity index (χ1n) is 2.54. The summed E-state index contributed by atoms with van der Waals surface area (Å²) in [4.78, 5) is 0. The first-order chi connectivity index (χ1) is 4.20. The number of anilines is 2. The second kappa shape index (κ2) is 3.71. The third-order valence-electron chi connectivity index (χ3n) is 1.07. The summed E-state index contributed by atoms with van der Waals surface area (Å²) in [5.74, 6) is 0.140. The Hall–Kier alpha value is -0.380. The van der Waals surface area contributed by atoms with Crippen molar-refractivity contribution in [2.45, 2.75) is 0 Å². The summed E-state index contributed by atoms with van der Waals surface area (Å²) in [7, 11) is 0. The molecule has 5 N–H and O–H groups in total. The van der Waals surface area contributed by atoms with Gasteiger partial charge in [0.1, 0.15) is 5.75 Å². The van der Waals surface area contributed by atoms with E-state index < -0.39 is 0 Å². The second-order valence-electron chi connectivity index (χ2n) is 1.81. The van der Waals surface area contributed by atoms with Gasteiger partial charge < -0.3 is 16.6 Å². The standard InChI is InChI=1S/C6H8N2O.Na.H/c7-5-2-1-4(9)3-6(5)8;;/h1-3,9H,7-8H2;;. The van der Waals surface area contributed by atoms with Crippen LogP contribution in [0.2, 0.25) is 0 Å². The molecule has 0 aliphatic rings. The predicted octanol–water partition coefficient (Wildman–Crippen LogP) is -0.0919. The number of rotatable bonds is 0. The van der Waals surface area contributed by atoms with Crippen molar-refractivity contribution in [3.8, 4) is 5.75 Å². The minimum atomic E-state index is 0. The Kier molecular flexibility index (Phi) is 3.57. The summed E-state index contributed by atoms with van der Waals surface area (Å²) < 4.78 is 0. The van der Waals surface area contributed by atoms with Crippen molar-refractivity contribution in [1.29, 1.82) is 0 Å². The average Bonchev–Trinajstić information content (AvgIpc) is 1.80. The van der Waals surface area contributed by atoms with Crippen LogP contribution in [0.1, 0.15) is 0 Å². The Morgan fingerprint density at radius 1 is 1.10 bits per heavy atom. The van der Waals surface area contributed by atoms with E-state index in [9.17, 15) is 0 Å². The van der Waals surface area contributed by atoms with E-state index >= 15 is 0 Å². The Labute approximate surface area is 81.3 Å². The van der Waals surface area contributed by atoms with Crippen molar-refractivity contribution < 1.29 is 5.11 Å². The molecule has 0 saturated heterocycles. The number of benzene rings is 1. The molecule has 0 amide bonds. The monoisotopic (exact) mass is 148 g/mol. The van der Waals surface area contributed by atoms with Gasteiger partial charge in [0, 0.05) is 6.07 Å². The first kappa shape index (κ1) is 9.62. The number of hydrogen-bond acceptors (Lipinski definition) is 3. The van der Waals surface area contributed by atoms with Crippen LogP contribution < -0.4 is 11.5 Å². The maximum atomic E-state index is 8.80. The van der Waals surface area contributed by atoms with Crippen LogP contribution in [-0.4, -0.2) is 34.7 Å². The number of phenolic OH excluding ortho intramolecular Hbond substituents is 1. The van der Waals surface area contributed by atoms with Gasteiger partial charge in [-0.3, -0.25) is 0 Å². The molecule has 0 bridgehead atoms. The van der Waals surface area contributed by atoms with Gasteiger partial charge in [-0.15, -0.1) is 0 Å². The van der Waals surface area contributed by atoms with Gasteiger partial charge in [0.15, 0.2) is 0 Å². The summed E-state index contributed by atoms with van der Waals surface area (Å²) >= 11 is 0. The average molecular weight is 148 g/mol. The van der Waals surface area contributed by atoms with Crippen LogP contribution in [0.3, 0.4) is 0 Å². The molecule has 0 fully saturated rings. The molecule has 0 radical (unpaired) electrons. The van der Waals surface area contributed by atoms with Crippen molar-refractivity contribution in [2.75, 3.05) is 11.5 Å². The molecule has 0 saturated carbocycles. The second-order valence-corrected chi connectivity index (χ2v) is 1.81. The van der Waals surface area contributed by atoms with E-state index in [-0.39, 0.29) is 35.3 Å². The molecule has 1 rings (SSSR count). The molecule has 0 spiro atoms. The molecule has 0 heterocycles. The number of aromatic hydroxyl groups is 1. The summed E-state index contributed by atoms with van der Waals surface area (Å²) in [6, 6.07) is 4.46. The Morgan fingerprint density at radius 3 is 2.10 bits per heavy atom. The van der Waals surface area contributed by atoms with E-state index in [1.54, 1.807) is 6.07 Å². The molecule has 0 aliphatic heterocycles. The fraction of sp³-hybridized carbons (Fsp3) is 0. The van der Waals surface area contributed by atoms with Gasteiger partial charge in [0.2, 0.25) is 0 Å². The van der Waals surface area contributed by atoms with Gasteiger partial charge in [-0.05, 0) is 12.1 Å². The fourth-order valence-electron chi connectivity index (χ4n) is 0.562. The number of nitrogen functional groups attached to an aromatic ring is 2. The van der Waals surface area contributed by atoms with Crippen LogP contribution in [0.4, 0.5) is 11.4 Å². The van der Waals surface area contributed by atoms with E-state index in [1.807, 2.05) is 0 Å². The van der Waals surface area contributed by atoms with Crippen LogP contribution in [0, 0.1) is 0 Å². The van der Waals surface area contributed by atoms with Crippen molar-refractivity contribution in [3.05, 3.63) is 18.2 Å². The van der Waals surface area contributed by atoms with Crippen LogP contribution in [0.25, 0.3) is 0 Å². The molecular weight excluding hydrogens is 139 g/mol. The number of nitrogens with two attached hydrogens (primary N) is 2. The van der Waals surface area contributed by atoms with E-state index in [2.05, 4.69) is 0 Å². The van der Waals surface area contributed by atoms with Crippen molar-refractivity contribution in [3.63, 3.8) is 0 Å². The third kappa shape index (κ3) is 2.10. The first-order valence-corrected chi connectivity index (χ1v) is 2.54. The quantitative estimate of drug-likeness (QED) is 0.273. The Morgan fingerprint density at radius 2 is 1.70 bits per heavy atom. The molecule has 0 aliphatic carbocycles. The third-order valence-corrected chi connectivity index (χ3v) is 1.07. The zero-order valence-electron chi connectivity index (χ0n) is 4.83. The van der Waals surface area contributed by atoms with E-state index in [0.717, 1.165) is 0 Å². The van der Waals surface area contributed by atoms with Crippen LogP contribution in [-0.2, 0) is 0 Å². The van der Waals surface area contributed by atoms with E-state index in [0.29, 0.717) is 11.4 Å². The van der Waals surface area contributed by atoms with Crippen LogP contribution in [0.15, 0.2) is 18.2 Å².